The molecule has 5 nitrogen and oxygen atoms in total. The molecule has 1 atom stereocenters. The second kappa shape index (κ2) is 5.77. The lowest BCUT2D eigenvalue weighted by atomic mass is 10.1. The molecule has 20 heavy (non-hydrogen) atoms. The second-order valence-corrected chi connectivity index (χ2v) is 5.07. The van der Waals surface area contributed by atoms with Crippen LogP contribution in [-0.4, -0.2) is 9.55 Å². The minimum Gasteiger partial charge on any atom is -0.365 e. The highest BCUT2D eigenvalue weighted by Gasteiger charge is 2.10. The van der Waals surface area contributed by atoms with E-state index in [-0.39, 0.29) is 17.6 Å². The molecule has 0 aliphatic rings. The molecule has 0 saturated carbocycles. The first kappa shape index (κ1) is 14.1. The fourth-order valence-electron chi connectivity index (χ4n) is 2.13. The topological polar surface area (TPSA) is 66.9 Å². The van der Waals surface area contributed by atoms with Crippen molar-refractivity contribution in [1.29, 1.82) is 0 Å². The highest BCUT2D eigenvalue weighted by Crippen LogP contribution is 2.15. The standard InChI is InChI=1S/C15H19N3O2/c1-10(2)18-14(19)9-13(17-15(18)20)16-11(3)12-7-5-4-6-8-12/h4-11,16H,1-3H3,(H,17,20). The number of H-pyrrole nitrogens is 1. The fourth-order valence-corrected chi connectivity index (χ4v) is 2.13. The maximum Gasteiger partial charge on any atom is 0.330 e. The lowest BCUT2D eigenvalue weighted by molar-refractivity contribution is 0.546. The maximum absolute atomic E-state index is 11.9. The summed E-state index contributed by atoms with van der Waals surface area (Å²) in [7, 11) is 0. The number of aromatic amines is 1. The van der Waals surface area contributed by atoms with Crippen molar-refractivity contribution in [2.75, 3.05) is 5.32 Å². The van der Waals surface area contributed by atoms with Gasteiger partial charge in [-0.25, -0.2) is 4.79 Å². The maximum atomic E-state index is 11.9. The zero-order chi connectivity index (χ0) is 14.7. The molecule has 0 radical (unpaired) electrons. The van der Waals surface area contributed by atoms with Crippen molar-refractivity contribution in [3.05, 3.63) is 62.8 Å². The average molecular weight is 273 g/mol. The van der Waals surface area contributed by atoms with Crippen LogP contribution in [0.1, 0.15) is 38.4 Å². The van der Waals surface area contributed by atoms with Gasteiger partial charge in [-0.15, -0.1) is 0 Å². The van der Waals surface area contributed by atoms with Crippen molar-refractivity contribution in [1.82, 2.24) is 9.55 Å². The van der Waals surface area contributed by atoms with E-state index in [2.05, 4.69) is 10.3 Å². The largest absolute Gasteiger partial charge is 0.365 e. The molecule has 1 aromatic carbocycles. The molecule has 0 aliphatic heterocycles. The number of nitrogens with zero attached hydrogens (tertiary/aromatic N) is 1. The molecule has 0 amide bonds. The van der Waals surface area contributed by atoms with Gasteiger partial charge in [0.25, 0.3) is 5.56 Å². The predicted octanol–water partition coefficient (Wildman–Crippen LogP) is 2.29. The van der Waals surface area contributed by atoms with Crippen molar-refractivity contribution in [2.45, 2.75) is 32.9 Å². The van der Waals surface area contributed by atoms with Gasteiger partial charge in [-0.2, -0.15) is 0 Å². The fraction of sp³-hybridized carbons (Fsp3) is 0.333. The molecule has 0 spiro atoms. The van der Waals surface area contributed by atoms with Crippen molar-refractivity contribution < 1.29 is 0 Å². The van der Waals surface area contributed by atoms with E-state index in [1.165, 1.54) is 10.6 Å². The lowest BCUT2D eigenvalue weighted by Gasteiger charge is -2.16. The van der Waals surface area contributed by atoms with Crippen LogP contribution in [0.25, 0.3) is 0 Å². The Morgan fingerprint density at radius 2 is 1.75 bits per heavy atom. The van der Waals surface area contributed by atoms with Gasteiger partial charge >= 0.3 is 5.69 Å². The third kappa shape index (κ3) is 2.99. The minimum absolute atomic E-state index is 0.00106. The smallest absolute Gasteiger partial charge is 0.330 e. The number of hydrogen-bond acceptors (Lipinski definition) is 3. The second-order valence-electron chi connectivity index (χ2n) is 5.07. The molecule has 2 rings (SSSR count). The first-order valence-electron chi connectivity index (χ1n) is 6.66. The summed E-state index contributed by atoms with van der Waals surface area (Å²) in [6.45, 7) is 5.58. The molecule has 0 saturated heterocycles. The van der Waals surface area contributed by atoms with Crippen LogP contribution in [0.2, 0.25) is 0 Å². The van der Waals surface area contributed by atoms with Crippen LogP contribution in [0.3, 0.4) is 0 Å². The SMILES string of the molecule is CC(Nc1cc(=O)n(C(C)C)c(=O)[nH]1)c1ccccc1. The molecule has 2 N–H and O–H groups in total. The number of hydrogen-bond donors (Lipinski definition) is 2. The summed E-state index contributed by atoms with van der Waals surface area (Å²) in [5.74, 6) is 0.438. The molecule has 0 aliphatic carbocycles. The third-order valence-corrected chi connectivity index (χ3v) is 3.15. The highest BCUT2D eigenvalue weighted by molar-refractivity contribution is 5.36. The van der Waals surface area contributed by atoms with Gasteiger partial charge in [-0.1, -0.05) is 30.3 Å². The zero-order valence-corrected chi connectivity index (χ0v) is 11.9. The monoisotopic (exact) mass is 273 g/mol. The molecule has 106 valence electrons. The van der Waals surface area contributed by atoms with Gasteiger partial charge in [0.05, 0.1) is 0 Å². The van der Waals surface area contributed by atoms with Crippen LogP contribution < -0.4 is 16.6 Å². The summed E-state index contributed by atoms with van der Waals surface area (Å²) in [5.41, 5.74) is 0.392. The minimum atomic E-state index is -0.393. The third-order valence-electron chi connectivity index (χ3n) is 3.15. The molecular formula is C15H19N3O2. The van der Waals surface area contributed by atoms with Gasteiger partial charge in [0.2, 0.25) is 0 Å². The van der Waals surface area contributed by atoms with Crippen LogP contribution in [0.4, 0.5) is 5.82 Å². The normalized spacial score (nSPS) is 12.4. The molecule has 1 aromatic heterocycles. The quantitative estimate of drug-likeness (QED) is 0.898. The first-order chi connectivity index (χ1) is 9.49. The van der Waals surface area contributed by atoms with E-state index < -0.39 is 5.69 Å². The Labute approximate surface area is 117 Å². The number of benzene rings is 1. The molecule has 0 fully saturated rings. The summed E-state index contributed by atoms with van der Waals surface area (Å²) in [5, 5.41) is 3.14. The summed E-state index contributed by atoms with van der Waals surface area (Å²) in [4.78, 5) is 26.5. The van der Waals surface area contributed by atoms with Crippen molar-refractivity contribution in [2.24, 2.45) is 0 Å². The van der Waals surface area contributed by atoms with E-state index in [0.29, 0.717) is 5.82 Å². The Balaban J connectivity index is 2.28. The van der Waals surface area contributed by atoms with Crippen LogP contribution in [-0.2, 0) is 0 Å². The van der Waals surface area contributed by atoms with Crippen LogP contribution >= 0.6 is 0 Å². The van der Waals surface area contributed by atoms with E-state index in [0.717, 1.165) is 5.56 Å². The average Bonchev–Trinajstić information content (AvgIpc) is 2.38. The molecule has 0 bridgehead atoms. The van der Waals surface area contributed by atoms with E-state index in [4.69, 9.17) is 0 Å². The molecule has 2 aromatic rings. The first-order valence-corrected chi connectivity index (χ1v) is 6.66. The summed E-state index contributed by atoms with van der Waals surface area (Å²) >= 11 is 0. The lowest BCUT2D eigenvalue weighted by Crippen LogP contribution is -2.36. The van der Waals surface area contributed by atoms with Gasteiger partial charge < -0.3 is 5.32 Å². The summed E-state index contributed by atoms with van der Waals surface area (Å²) < 4.78 is 1.19. The van der Waals surface area contributed by atoms with Gasteiger partial charge in [0.1, 0.15) is 5.82 Å². The number of nitrogens with one attached hydrogen (secondary N) is 2. The van der Waals surface area contributed by atoms with Gasteiger partial charge in [-0.05, 0) is 26.3 Å². The molecule has 5 heteroatoms. The van der Waals surface area contributed by atoms with Crippen LogP contribution in [0, 0.1) is 0 Å². The molecular weight excluding hydrogens is 254 g/mol. The van der Waals surface area contributed by atoms with E-state index in [9.17, 15) is 9.59 Å². The van der Waals surface area contributed by atoms with E-state index in [1.54, 1.807) is 13.8 Å². The Hall–Kier alpha value is -2.30. The highest BCUT2D eigenvalue weighted by atomic mass is 16.2. The van der Waals surface area contributed by atoms with Gasteiger partial charge in [0, 0.05) is 18.2 Å². The number of rotatable bonds is 4. The van der Waals surface area contributed by atoms with Gasteiger partial charge in [-0.3, -0.25) is 14.3 Å². The van der Waals surface area contributed by atoms with E-state index >= 15 is 0 Å². The predicted molar refractivity (Wildman–Crippen MR) is 80.2 cm³/mol. The molecule has 1 heterocycles. The number of aromatic nitrogens is 2. The van der Waals surface area contributed by atoms with E-state index in [1.807, 2.05) is 37.3 Å². The zero-order valence-electron chi connectivity index (χ0n) is 11.9. The van der Waals surface area contributed by atoms with Gasteiger partial charge in [0.15, 0.2) is 0 Å². The Bertz CT molecular complexity index is 655. The Morgan fingerprint density at radius 1 is 1.10 bits per heavy atom. The van der Waals surface area contributed by atoms with Crippen molar-refractivity contribution in [3.63, 3.8) is 0 Å². The van der Waals surface area contributed by atoms with Crippen LogP contribution in [0.5, 0.6) is 0 Å². The van der Waals surface area contributed by atoms with Crippen molar-refractivity contribution >= 4 is 5.82 Å². The van der Waals surface area contributed by atoms with Crippen LogP contribution in [0.15, 0.2) is 46.0 Å². The number of anilines is 1. The molecule has 1 unspecified atom stereocenters. The Morgan fingerprint density at radius 3 is 2.30 bits per heavy atom. The Kier molecular flexibility index (Phi) is 4.08. The summed E-state index contributed by atoms with van der Waals surface area (Å²) in [6, 6.07) is 11.1. The van der Waals surface area contributed by atoms with Crippen molar-refractivity contribution in [3.8, 4) is 0 Å². The summed E-state index contributed by atoms with van der Waals surface area (Å²) in [6.07, 6.45) is 0.